The van der Waals surface area contributed by atoms with Crippen molar-refractivity contribution in [2.75, 3.05) is 0 Å². The fourth-order valence-electron chi connectivity index (χ4n) is 4.69. The molecular weight excluding hydrogens is 386 g/mol. The molecule has 5 rings (SSSR count). The lowest BCUT2D eigenvalue weighted by Crippen LogP contribution is -2.54. The van der Waals surface area contributed by atoms with Crippen molar-refractivity contribution in [2.24, 2.45) is 0 Å². The average molecular weight is 410 g/mol. The first-order valence-corrected chi connectivity index (χ1v) is 10.6. The molecule has 2 aromatic heterocycles. The van der Waals surface area contributed by atoms with Crippen LogP contribution in [0.15, 0.2) is 42.1 Å². The number of nitrogens with one attached hydrogen (secondary N) is 1. The van der Waals surface area contributed by atoms with Crippen LogP contribution in [-0.2, 0) is 0 Å². The van der Waals surface area contributed by atoms with Crippen molar-refractivity contribution in [3.05, 3.63) is 37.1 Å². The molecule has 9 heteroatoms. The Morgan fingerprint density at radius 2 is 1.83 bits per heavy atom. The Labute approximate surface area is 173 Å². The number of thioether (sulfide) groups is 1. The van der Waals surface area contributed by atoms with Gasteiger partial charge < -0.3 is 10.4 Å². The van der Waals surface area contributed by atoms with Gasteiger partial charge in [0.2, 0.25) is 0 Å². The molecule has 0 aliphatic carbocycles. The largest absolute Gasteiger partial charge is 0.507 e. The van der Waals surface area contributed by atoms with E-state index in [4.69, 9.17) is 0 Å². The van der Waals surface area contributed by atoms with Crippen LogP contribution in [0.2, 0.25) is 0 Å². The van der Waals surface area contributed by atoms with E-state index < -0.39 is 0 Å². The molecule has 0 unspecified atom stereocenters. The van der Waals surface area contributed by atoms with Crippen molar-refractivity contribution in [1.82, 2.24) is 35.3 Å². The van der Waals surface area contributed by atoms with Gasteiger partial charge in [0.1, 0.15) is 23.4 Å². The summed E-state index contributed by atoms with van der Waals surface area (Å²) in [6.45, 7) is 4.65. The lowest BCUT2D eigenvalue weighted by Gasteiger charge is -2.41. The summed E-state index contributed by atoms with van der Waals surface area (Å²) in [6, 6.07) is 5.27. The summed E-state index contributed by atoms with van der Waals surface area (Å²) in [5.74, 6) is 0.501. The number of piperidine rings is 1. The Balaban J connectivity index is 1.32. The highest BCUT2D eigenvalue weighted by atomic mass is 32.2. The molecule has 2 aliphatic heterocycles. The molecule has 2 bridgehead atoms. The van der Waals surface area contributed by atoms with E-state index in [-0.39, 0.29) is 16.8 Å². The predicted octanol–water partition coefficient (Wildman–Crippen LogP) is 2.98. The maximum atomic E-state index is 10.4. The van der Waals surface area contributed by atoms with E-state index >= 15 is 0 Å². The third-order valence-corrected chi connectivity index (χ3v) is 7.05. The minimum Gasteiger partial charge on any atom is -0.507 e. The monoisotopic (exact) mass is 409 g/mol. The first kappa shape index (κ1) is 18.5. The molecule has 29 heavy (non-hydrogen) atoms. The number of aromatic hydroxyl groups is 1. The number of phenolic OH excluding ortho intramolecular Hbond substituents is 1. The van der Waals surface area contributed by atoms with Gasteiger partial charge in [-0.1, -0.05) is 11.8 Å². The van der Waals surface area contributed by atoms with Crippen LogP contribution in [-0.4, -0.2) is 51.4 Å². The summed E-state index contributed by atoms with van der Waals surface area (Å²) in [5, 5.41) is 31.8. The molecule has 0 amide bonds. The van der Waals surface area contributed by atoms with E-state index in [9.17, 15) is 5.11 Å². The van der Waals surface area contributed by atoms with Gasteiger partial charge in [-0.2, -0.15) is 0 Å². The van der Waals surface area contributed by atoms with Gasteiger partial charge in [0, 0.05) is 22.4 Å². The molecule has 8 nitrogen and oxygen atoms in total. The Morgan fingerprint density at radius 3 is 2.45 bits per heavy atom. The molecular formula is C20H23N7OS. The normalized spacial score (nSPS) is 28.6. The Hall–Kier alpha value is -2.52. The zero-order valence-corrected chi connectivity index (χ0v) is 17.2. The molecule has 0 radical (unpaired) electrons. The van der Waals surface area contributed by atoms with E-state index in [0.29, 0.717) is 16.6 Å². The second kappa shape index (κ2) is 6.77. The van der Waals surface area contributed by atoms with Crippen LogP contribution in [0.5, 0.6) is 5.75 Å². The highest BCUT2D eigenvalue weighted by molar-refractivity contribution is 7.99. The Morgan fingerprint density at radius 1 is 1.10 bits per heavy atom. The number of fused-ring (bicyclic) bond motifs is 2. The first-order valence-electron chi connectivity index (χ1n) is 9.76. The second-order valence-corrected chi connectivity index (χ2v) is 9.91. The van der Waals surface area contributed by atoms with Crippen LogP contribution < -0.4 is 5.32 Å². The number of aromatic nitrogens is 6. The van der Waals surface area contributed by atoms with Crippen LogP contribution in [0.25, 0.3) is 17.1 Å². The third kappa shape index (κ3) is 3.60. The number of rotatable bonds is 4. The Bertz CT molecular complexity index is 1010. The number of hydrogen-bond acceptors (Lipinski definition) is 8. The zero-order chi connectivity index (χ0) is 20.1. The lowest BCUT2D eigenvalue weighted by atomic mass is 9.88. The molecule has 3 aromatic rings. The molecule has 0 saturated carbocycles. The van der Waals surface area contributed by atoms with Gasteiger partial charge in [-0.3, -0.25) is 4.57 Å². The number of phenols is 1. The topological polar surface area (TPSA) is 102 Å². The van der Waals surface area contributed by atoms with Gasteiger partial charge in [0.05, 0.1) is 17.4 Å². The minimum atomic E-state index is 0.0918. The lowest BCUT2D eigenvalue weighted by molar-refractivity contribution is 0.241. The summed E-state index contributed by atoms with van der Waals surface area (Å²) in [5.41, 5.74) is 1.76. The van der Waals surface area contributed by atoms with Crippen molar-refractivity contribution in [3.63, 3.8) is 0 Å². The van der Waals surface area contributed by atoms with Crippen molar-refractivity contribution in [3.8, 4) is 22.8 Å². The van der Waals surface area contributed by atoms with Crippen LogP contribution in [0.4, 0.5) is 0 Å². The van der Waals surface area contributed by atoms with Gasteiger partial charge >= 0.3 is 0 Å². The SMILES string of the molecule is C[C@]12CC[C@](C)(C[C@@H](Sc3cnc(-c4ccc(-n5cnnc5)cc4O)nn3)C1)N2. The fraction of sp³-hybridized carbons (Fsp3) is 0.450. The van der Waals surface area contributed by atoms with E-state index in [0.717, 1.165) is 23.6 Å². The molecule has 3 atom stereocenters. The summed E-state index contributed by atoms with van der Waals surface area (Å²) in [6.07, 6.45) is 9.62. The standard InChI is InChI=1S/C20H23N7OS/c1-19-5-6-20(2,26-19)9-14(8-19)29-17-10-21-18(25-24-17)15-4-3-13(7-16(15)28)27-11-22-23-12-27/h3-4,7,10-12,14,26,28H,5-6,8-9H2,1-2H3/t14-,19-,20+. The molecule has 4 heterocycles. The van der Waals surface area contributed by atoms with Gasteiger partial charge in [-0.05, 0) is 51.7 Å². The summed E-state index contributed by atoms with van der Waals surface area (Å²) in [7, 11) is 0. The summed E-state index contributed by atoms with van der Waals surface area (Å²) < 4.78 is 1.72. The highest BCUT2D eigenvalue weighted by Crippen LogP contribution is 2.46. The van der Waals surface area contributed by atoms with Crippen LogP contribution in [0, 0.1) is 0 Å². The maximum Gasteiger partial charge on any atom is 0.185 e. The van der Waals surface area contributed by atoms with Gasteiger partial charge in [0.15, 0.2) is 5.82 Å². The van der Waals surface area contributed by atoms with Crippen molar-refractivity contribution >= 4 is 11.8 Å². The average Bonchev–Trinajstić information content (AvgIpc) is 3.28. The molecule has 150 valence electrons. The molecule has 0 spiro atoms. The van der Waals surface area contributed by atoms with E-state index in [1.54, 1.807) is 47.3 Å². The first-order chi connectivity index (χ1) is 13.9. The predicted molar refractivity (Wildman–Crippen MR) is 110 cm³/mol. The zero-order valence-electron chi connectivity index (χ0n) is 16.4. The van der Waals surface area contributed by atoms with Crippen molar-refractivity contribution < 1.29 is 5.11 Å². The summed E-state index contributed by atoms with van der Waals surface area (Å²) in [4.78, 5) is 4.45. The van der Waals surface area contributed by atoms with Crippen molar-refractivity contribution in [2.45, 2.75) is 60.9 Å². The van der Waals surface area contributed by atoms with Crippen LogP contribution >= 0.6 is 11.8 Å². The van der Waals surface area contributed by atoms with Gasteiger partial charge in [-0.15, -0.1) is 20.4 Å². The quantitative estimate of drug-likeness (QED) is 0.678. The van der Waals surface area contributed by atoms with Crippen LogP contribution in [0.3, 0.4) is 0 Å². The smallest absolute Gasteiger partial charge is 0.185 e. The molecule has 2 fully saturated rings. The van der Waals surface area contributed by atoms with Gasteiger partial charge in [0.25, 0.3) is 0 Å². The molecule has 1 aromatic carbocycles. The highest BCUT2D eigenvalue weighted by Gasteiger charge is 2.48. The minimum absolute atomic E-state index is 0.0918. The molecule has 2 N–H and O–H groups in total. The van der Waals surface area contributed by atoms with Crippen LogP contribution in [0.1, 0.15) is 39.5 Å². The number of benzene rings is 1. The van der Waals surface area contributed by atoms with Gasteiger partial charge in [-0.25, -0.2) is 4.98 Å². The number of nitrogens with zero attached hydrogens (tertiary/aromatic N) is 6. The Kier molecular flexibility index (Phi) is 4.32. The van der Waals surface area contributed by atoms with E-state index in [1.807, 2.05) is 6.07 Å². The second-order valence-electron chi connectivity index (χ2n) is 8.59. The number of hydrogen-bond donors (Lipinski definition) is 2. The third-order valence-electron chi connectivity index (χ3n) is 5.96. The maximum absolute atomic E-state index is 10.4. The fourth-order valence-corrected chi connectivity index (χ4v) is 6.13. The molecule has 2 aliphatic rings. The van der Waals surface area contributed by atoms with E-state index in [2.05, 4.69) is 44.5 Å². The van der Waals surface area contributed by atoms with E-state index in [1.165, 1.54) is 12.8 Å². The molecule has 2 saturated heterocycles. The summed E-state index contributed by atoms with van der Waals surface area (Å²) >= 11 is 1.76. The van der Waals surface area contributed by atoms with Crippen molar-refractivity contribution in [1.29, 1.82) is 0 Å².